The fraction of sp³-hybridized carbons (Fsp3) is 0.500. The summed E-state index contributed by atoms with van der Waals surface area (Å²) in [5, 5.41) is 0.950. The third kappa shape index (κ3) is 3.80. The molecule has 3 rings (SSSR count). The smallest absolute Gasteiger partial charge is 0.227 e. The van der Waals surface area contributed by atoms with Crippen LogP contribution in [0.3, 0.4) is 0 Å². The van der Waals surface area contributed by atoms with Crippen LogP contribution in [0.15, 0.2) is 28.9 Å². The molecule has 6 heteroatoms. The fourth-order valence-corrected chi connectivity index (χ4v) is 4.49. The van der Waals surface area contributed by atoms with Crippen LogP contribution in [0, 0.1) is 6.92 Å². The lowest BCUT2D eigenvalue weighted by Gasteiger charge is -2.35. The number of amides is 1. The summed E-state index contributed by atoms with van der Waals surface area (Å²) in [4.78, 5) is 14.5. The Labute approximate surface area is 142 Å². The van der Waals surface area contributed by atoms with Crippen molar-refractivity contribution in [3.63, 3.8) is 0 Å². The van der Waals surface area contributed by atoms with E-state index in [0.717, 1.165) is 41.4 Å². The number of rotatable bonds is 4. The van der Waals surface area contributed by atoms with E-state index in [4.69, 9.17) is 4.42 Å². The lowest BCUT2D eigenvalue weighted by molar-refractivity contribution is -0.133. The van der Waals surface area contributed by atoms with E-state index in [0.29, 0.717) is 6.54 Å². The first kappa shape index (κ1) is 17.0. The van der Waals surface area contributed by atoms with Crippen LogP contribution >= 0.6 is 0 Å². The Bertz CT molecular complexity index is 853. The summed E-state index contributed by atoms with van der Waals surface area (Å²) in [6.07, 6.45) is 5.77. The number of hydrogen-bond donors (Lipinski definition) is 0. The molecule has 1 aromatic heterocycles. The van der Waals surface area contributed by atoms with Crippen LogP contribution in [-0.2, 0) is 21.1 Å². The highest BCUT2D eigenvalue weighted by Gasteiger charge is 2.29. The molecule has 1 amide bonds. The quantitative estimate of drug-likeness (QED) is 0.851. The van der Waals surface area contributed by atoms with Gasteiger partial charge in [-0.05, 0) is 37.8 Å². The zero-order valence-electron chi connectivity index (χ0n) is 14.1. The van der Waals surface area contributed by atoms with Gasteiger partial charge in [-0.3, -0.25) is 4.79 Å². The van der Waals surface area contributed by atoms with E-state index in [-0.39, 0.29) is 24.1 Å². The summed E-state index contributed by atoms with van der Waals surface area (Å²) in [7, 11) is -3.10. The topological polar surface area (TPSA) is 67.6 Å². The van der Waals surface area contributed by atoms with E-state index in [1.54, 1.807) is 11.2 Å². The molecule has 1 atom stereocenters. The zero-order chi connectivity index (χ0) is 17.3. The number of sulfone groups is 1. The van der Waals surface area contributed by atoms with Crippen LogP contribution in [-0.4, -0.2) is 43.8 Å². The summed E-state index contributed by atoms with van der Waals surface area (Å²) in [6, 6.07) is 5.72. The van der Waals surface area contributed by atoms with Gasteiger partial charge < -0.3 is 9.32 Å². The highest BCUT2D eigenvalue weighted by molar-refractivity contribution is 7.90. The Kier molecular flexibility index (Phi) is 4.67. The van der Waals surface area contributed by atoms with Gasteiger partial charge in [0.2, 0.25) is 5.91 Å². The number of nitrogens with zero attached hydrogens (tertiary/aromatic N) is 1. The second-order valence-electron chi connectivity index (χ2n) is 6.77. The molecule has 1 aliphatic heterocycles. The van der Waals surface area contributed by atoms with Gasteiger partial charge in [0.05, 0.1) is 18.4 Å². The van der Waals surface area contributed by atoms with Gasteiger partial charge >= 0.3 is 0 Å². The van der Waals surface area contributed by atoms with Gasteiger partial charge in [-0.15, -0.1) is 0 Å². The largest absolute Gasteiger partial charge is 0.464 e. The Morgan fingerprint density at radius 1 is 1.33 bits per heavy atom. The van der Waals surface area contributed by atoms with Crippen LogP contribution < -0.4 is 0 Å². The second-order valence-corrected chi connectivity index (χ2v) is 8.95. The first-order valence-corrected chi connectivity index (χ1v) is 10.3. The first-order valence-electron chi connectivity index (χ1n) is 8.27. The molecular weight excluding hydrogens is 326 g/mol. The number of fused-ring (bicyclic) bond motifs is 1. The number of benzene rings is 1. The van der Waals surface area contributed by atoms with Gasteiger partial charge in [0.15, 0.2) is 0 Å². The number of aryl methyl sites for hydroxylation is 1. The van der Waals surface area contributed by atoms with Gasteiger partial charge in [-0.2, -0.15) is 0 Å². The first-order chi connectivity index (χ1) is 11.3. The predicted molar refractivity (Wildman–Crippen MR) is 93.7 cm³/mol. The minimum Gasteiger partial charge on any atom is -0.464 e. The fourth-order valence-electron chi connectivity index (χ4n) is 3.44. The van der Waals surface area contributed by atoms with E-state index >= 15 is 0 Å². The van der Waals surface area contributed by atoms with Gasteiger partial charge in [-0.1, -0.05) is 12.1 Å². The minimum absolute atomic E-state index is 0.0216. The molecule has 0 radical (unpaired) electrons. The molecular formula is C18H23NO4S. The average molecular weight is 349 g/mol. The SMILES string of the molecule is Cc1ccc2c(CC(=O)N3CCCCC3CS(C)(=O)=O)coc2c1. The van der Waals surface area contributed by atoms with Crippen LogP contribution in [0.25, 0.3) is 11.0 Å². The van der Waals surface area contributed by atoms with Crippen molar-refractivity contribution in [1.29, 1.82) is 0 Å². The number of piperidine rings is 1. The third-order valence-corrected chi connectivity index (χ3v) is 5.59. The van der Waals surface area contributed by atoms with Crippen molar-refractivity contribution in [3.05, 3.63) is 35.6 Å². The summed E-state index contributed by atoms with van der Waals surface area (Å²) < 4.78 is 28.8. The third-order valence-electron chi connectivity index (χ3n) is 4.60. The van der Waals surface area contributed by atoms with Gasteiger partial charge in [0, 0.05) is 29.8 Å². The predicted octanol–water partition coefficient (Wildman–Crippen LogP) is 2.71. The molecule has 0 aliphatic carbocycles. The lowest BCUT2D eigenvalue weighted by Crippen LogP contribution is -2.47. The molecule has 0 bridgehead atoms. The van der Waals surface area contributed by atoms with Crippen molar-refractivity contribution < 1.29 is 17.6 Å². The molecule has 1 fully saturated rings. The van der Waals surface area contributed by atoms with Gasteiger partial charge in [0.1, 0.15) is 15.4 Å². The van der Waals surface area contributed by atoms with Gasteiger partial charge in [-0.25, -0.2) is 8.42 Å². The highest BCUT2D eigenvalue weighted by atomic mass is 32.2. The molecule has 2 heterocycles. The normalized spacial score (nSPS) is 18.9. The number of hydrogen-bond acceptors (Lipinski definition) is 4. The van der Waals surface area contributed by atoms with Crippen molar-refractivity contribution in [2.75, 3.05) is 18.6 Å². The van der Waals surface area contributed by atoms with E-state index in [2.05, 4.69) is 0 Å². The monoisotopic (exact) mass is 349 g/mol. The maximum absolute atomic E-state index is 12.8. The molecule has 1 aromatic carbocycles. The number of furan rings is 1. The molecule has 0 N–H and O–H groups in total. The molecule has 2 aromatic rings. The number of likely N-dealkylation sites (tertiary alicyclic amines) is 1. The van der Waals surface area contributed by atoms with Gasteiger partial charge in [0.25, 0.3) is 0 Å². The van der Waals surface area contributed by atoms with E-state index in [1.807, 2.05) is 25.1 Å². The number of carbonyl (C=O) groups excluding carboxylic acids is 1. The Balaban J connectivity index is 1.79. The van der Waals surface area contributed by atoms with Crippen molar-refractivity contribution in [3.8, 4) is 0 Å². The van der Waals surface area contributed by atoms with E-state index < -0.39 is 9.84 Å². The summed E-state index contributed by atoms with van der Waals surface area (Å²) in [5.41, 5.74) is 2.75. The summed E-state index contributed by atoms with van der Waals surface area (Å²) in [6.45, 7) is 2.63. The highest BCUT2D eigenvalue weighted by Crippen LogP contribution is 2.25. The molecule has 1 saturated heterocycles. The van der Waals surface area contributed by atoms with Crippen LogP contribution in [0.5, 0.6) is 0 Å². The zero-order valence-corrected chi connectivity index (χ0v) is 14.9. The molecule has 130 valence electrons. The minimum atomic E-state index is -3.10. The van der Waals surface area contributed by atoms with Crippen LogP contribution in [0.1, 0.15) is 30.4 Å². The molecule has 24 heavy (non-hydrogen) atoms. The standard InChI is InChI=1S/C18H23NO4S/c1-13-6-7-16-14(11-23-17(16)9-13)10-18(20)19-8-4-3-5-15(19)12-24(2,21)22/h6-7,9,11,15H,3-5,8,10,12H2,1-2H3. The Hall–Kier alpha value is -1.82. The van der Waals surface area contributed by atoms with Crippen molar-refractivity contribution >= 4 is 26.7 Å². The van der Waals surface area contributed by atoms with Crippen molar-refractivity contribution in [2.24, 2.45) is 0 Å². The van der Waals surface area contributed by atoms with Crippen molar-refractivity contribution in [2.45, 2.75) is 38.6 Å². The Morgan fingerprint density at radius 2 is 2.12 bits per heavy atom. The van der Waals surface area contributed by atoms with E-state index in [9.17, 15) is 13.2 Å². The molecule has 0 saturated carbocycles. The summed E-state index contributed by atoms with van der Waals surface area (Å²) >= 11 is 0. The molecule has 1 unspecified atom stereocenters. The summed E-state index contributed by atoms with van der Waals surface area (Å²) in [5.74, 6) is 0.0241. The van der Waals surface area contributed by atoms with Crippen LogP contribution in [0.2, 0.25) is 0 Å². The second kappa shape index (κ2) is 6.59. The van der Waals surface area contributed by atoms with E-state index in [1.165, 1.54) is 6.26 Å². The lowest BCUT2D eigenvalue weighted by atomic mass is 10.0. The number of carbonyl (C=O) groups is 1. The average Bonchev–Trinajstić information content (AvgIpc) is 2.88. The van der Waals surface area contributed by atoms with Crippen molar-refractivity contribution in [1.82, 2.24) is 4.90 Å². The Morgan fingerprint density at radius 3 is 2.88 bits per heavy atom. The molecule has 5 nitrogen and oxygen atoms in total. The maximum Gasteiger partial charge on any atom is 0.227 e. The van der Waals surface area contributed by atoms with Crippen LogP contribution in [0.4, 0.5) is 0 Å². The maximum atomic E-state index is 12.8. The molecule has 0 spiro atoms. The molecule has 1 aliphatic rings.